The van der Waals surface area contributed by atoms with Gasteiger partial charge < -0.3 is 15.4 Å². The summed E-state index contributed by atoms with van der Waals surface area (Å²) in [5, 5.41) is 15.6. The van der Waals surface area contributed by atoms with Crippen LogP contribution in [0.3, 0.4) is 0 Å². The molecule has 2 unspecified atom stereocenters. The van der Waals surface area contributed by atoms with Gasteiger partial charge in [0.15, 0.2) is 11.6 Å². The summed E-state index contributed by atoms with van der Waals surface area (Å²) in [5.41, 5.74) is 1.21. The third-order valence-electron chi connectivity index (χ3n) is 6.08. The van der Waals surface area contributed by atoms with Gasteiger partial charge >= 0.3 is 0 Å². The van der Waals surface area contributed by atoms with Crippen LogP contribution in [0.25, 0.3) is 5.65 Å². The van der Waals surface area contributed by atoms with Gasteiger partial charge in [0, 0.05) is 43.8 Å². The van der Waals surface area contributed by atoms with Gasteiger partial charge in [-0.1, -0.05) is 12.5 Å². The Morgan fingerprint density at radius 2 is 2.22 bits per heavy atom. The first-order valence-electron chi connectivity index (χ1n) is 10.2. The predicted molar refractivity (Wildman–Crippen MR) is 106 cm³/mol. The molecule has 7 nitrogen and oxygen atoms in total. The van der Waals surface area contributed by atoms with Crippen LogP contribution in [-0.2, 0) is 11.2 Å². The zero-order valence-electron chi connectivity index (χ0n) is 16.3. The highest BCUT2D eigenvalue weighted by Gasteiger charge is 2.59. The van der Waals surface area contributed by atoms with E-state index in [9.17, 15) is 0 Å². The van der Waals surface area contributed by atoms with Gasteiger partial charge in [0.25, 0.3) is 0 Å². The molecule has 0 bridgehead atoms. The summed E-state index contributed by atoms with van der Waals surface area (Å²) in [7, 11) is 0. The molecular formula is C20H30N6O. The number of nitrogens with one attached hydrogen (secondary N) is 2. The van der Waals surface area contributed by atoms with Crippen molar-refractivity contribution in [3.8, 4) is 0 Å². The van der Waals surface area contributed by atoms with E-state index in [1.807, 2.05) is 28.8 Å². The highest BCUT2D eigenvalue weighted by Crippen LogP contribution is 2.57. The van der Waals surface area contributed by atoms with Crippen LogP contribution in [0, 0.1) is 5.41 Å². The van der Waals surface area contributed by atoms with E-state index in [-0.39, 0.29) is 0 Å². The van der Waals surface area contributed by atoms with E-state index in [0.717, 1.165) is 43.4 Å². The average Bonchev–Trinajstić information content (AvgIpc) is 3.02. The van der Waals surface area contributed by atoms with Crippen LogP contribution in [0.5, 0.6) is 0 Å². The highest BCUT2D eigenvalue weighted by atomic mass is 16.5. The molecule has 0 radical (unpaired) electrons. The van der Waals surface area contributed by atoms with Gasteiger partial charge in [-0.25, -0.2) is 0 Å². The molecule has 0 aliphatic heterocycles. The van der Waals surface area contributed by atoms with Crippen LogP contribution < -0.4 is 10.6 Å². The van der Waals surface area contributed by atoms with E-state index in [4.69, 9.17) is 9.73 Å². The van der Waals surface area contributed by atoms with Gasteiger partial charge in [-0.05, 0) is 45.2 Å². The zero-order valence-corrected chi connectivity index (χ0v) is 16.3. The molecule has 1 spiro atoms. The third-order valence-corrected chi connectivity index (χ3v) is 6.08. The molecule has 4 rings (SSSR count). The summed E-state index contributed by atoms with van der Waals surface area (Å²) in [4.78, 5) is 4.78. The van der Waals surface area contributed by atoms with Crippen molar-refractivity contribution in [2.45, 2.75) is 58.1 Å². The van der Waals surface area contributed by atoms with Crippen molar-refractivity contribution < 1.29 is 4.74 Å². The van der Waals surface area contributed by atoms with Crippen molar-refractivity contribution in [3.05, 3.63) is 30.2 Å². The number of pyridine rings is 1. The quantitative estimate of drug-likeness (QED) is 0.577. The van der Waals surface area contributed by atoms with Crippen LogP contribution in [0.4, 0.5) is 0 Å². The minimum Gasteiger partial charge on any atom is -0.378 e. The minimum atomic E-state index is 0.329. The number of guanidine groups is 1. The summed E-state index contributed by atoms with van der Waals surface area (Å²) >= 11 is 0. The van der Waals surface area contributed by atoms with Gasteiger partial charge in [0.2, 0.25) is 0 Å². The van der Waals surface area contributed by atoms with Gasteiger partial charge in [-0.3, -0.25) is 9.39 Å². The first-order chi connectivity index (χ1) is 13.3. The van der Waals surface area contributed by atoms with Crippen LogP contribution in [0.15, 0.2) is 29.4 Å². The molecule has 0 aromatic carbocycles. The number of aromatic nitrogens is 3. The molecule has 2 aromatic rings. The van der Waals surface area contributed by atoms with Crippen LogP contribution in [0.2, 0.25) is 0 Å². The number of rotatable bonds is 7. The molecule has 146 valence electrons. The topological polar surface area (TPSA) is 75.8 Å². The van der Waals surface area contributed by atoms with Crippen molar-refractivity contribution in [3.63, 3.8) is 0 Å². The second-order valence-corrected chi connectivity index (χ2v) is 7.52. The number of hydrogen-bond acceptors (Lipinski definition) is 4. The number of aliphatic imine (C=N–C) groups is 1. The summed E-state index contributed by atoms with van der Waals surface area (Å²) in [5.74, 6) is 1.85. The number of ether oxygens (including phenoxy) is 1. The highest BCUT2D eigenvalue weighted by molar-refractivity contribution is 5.80. The standard InChI is InChI=1S/C20H30N6O/c1-3-21-19(23-15-14-16(27-4-2)20(15)10-7-11-20)22-12-9-18-25-24-17-8-5-6-13-26(17)18/h5-6,8,13,15-16H,3-4,7,9-12,14H2,1-2H3,(H2,21,22,23). The Labute approximate surface area is 160 Å². The molecule has 2 atom stereocenters. The molecule has 27 heavy (non-hydrogen) atoms. The lowest BCUT2D eigenvalue weighted by Gasteiger charge is -2.61. The van der Waals surface area contributed by atoms with Gasteiger partial charge in [-0.2, -0.15) is 0 Å². The van der Waals surface area contributed by atoms with Crippen LogP contribution in [0.1, 0.15) is 45.4 Å². The third kappa shape index (κ3) is 3.40. The summed E-state index contributed by atoms with van der Waals surface area (Å²) in [6.07, 6.45) is 8.10. The van der Waals surface area contributed by atoms with Crippen molar-refractivity contribution >= 4 is 11.6 Å². The maximum atomic E-state index is 5.96. The molecule has 2 fully saturated rings. The number of fused-ring (bicyclic) bond motifs is 1. The Hall–Kier alpha value is -2.15. The van der Waals surface area contributed by atoms with Gasteiger partial charge in [0.05, 0.1) is 6.10 Å². The lowest BCUT2D eigenvalue weighted by molar-refractivity contribution is -0.168. The van der Waals surface area contributed by atoms with Crippen molar-refractivity contribution in [2.75, 3.05) is 19.7 Å². The lowest BCUT2D eigenvalue weighted by Crippen LogP contribution is -2.68. The summed E-state index contributed by atoms with van der Waals surface area (Å²) < 4.78 is 7.99. The lowest BCUT2D eigenvalue weighted by atomic mass is 9.51. The van der Waals surface area contributed by atoms with E-state index in [1.165, 1.54) is 19.3 Å². The number of hydrogen-bond donors (Lipinski definition) is 2. The molecule has 2 saturated carbocycles. The maximum absolute atomic E-state index is 5.96. The van der Waals surface area contributed by atoms with E-state index in [1.54, 1.807) is 0 Å². The summed E-state index contributed by atoms with van der Waals surface area (Å²) in [6.45, 7) is 6.53. The monoisotopic (exact) mass is 370 g/mol. The zero-order chi connectivity index (χ0) is 18.7. The van der Waals surface area contributed by atoms with Gasteiger partial charge in [0.1, 0.15) is 5.82 Å². The van der Waals surface area contributed by atoms with Crippen LogP contribution in [-0.4, -0.2) is 52.4 Å². The molecule has 2 N–H and O–H groups in total. The molecule has 0 saturated heterocycles. The van der Waals surface area contributed by atoms with Crippen LogP contribution >= 0.6 is 0 Å². The average molecular weight is 371 g/mol. The minimum absolute atomic E-state index is 0.329. The maximum Gasteiger partial charge on any atom is 0.191 e. The molecule has 7 heteroatoms. The van der Waals surface area contributed by atoms with Crippen molar-refractivity contribution in [1.29, 1.82) is 0 Å². The Balaban J connectivity index is 1.38. The Morgan fingerprint density at radius 1 is 1.33 bits per heavy atom. The van der Waals surface area contributed by atoms with E-state index in [0.29, 0.717) is 24.1 Å². The smallest absolute Gasteiger partial charge is 0.191 e. The Bertz CT molecular complexity index is 797. The molecule has 2 aromatic heterocycles. The fraction of sp³-hybridized carbons (Fsp3) is 0.650. The van der Waals surface area contributed by atoms with E-state index >= 15 is 0 Å². The first-order valence-corrected chi connectivity index (χ1v) is 10.2. The second-order valence-electron chi connectivity index (χ2n) is 7.52. The molecule has 0 amide bonds. The molecular weight excluding hydrogens is 340 g/mol. The predicted octanol–water partition coefficient (Wildman–Crippen LogP) is 2.17. The summed E-state index contributed by atoms with van der Waals surface area (Å²) in [6, 6.07) is 6.41. The van der Waals surface area contributed by atoms with Crippen molar-refractivity contribution in [1.82, 2.24) is 25.2 Å². The number of nitrogens with zero attached hydrogens (tertiary/aromatic N) is 4. The normalized spacial score (nSPS) is 23.9. The fourth-order valence-electron chi connectivity index (χ4n) is 4.45. The largest absolute Gasteiger partial charge is 0.378 e. The Morgan fingerprint density at radius 3 is 2.96 bits per heavy atom. The molecule has 2 heterocycles. The van der Waals surface area contributed by atoms with Crippen molar-refractivity contribution in [2.24, 2.45) is 10.4 Å². The van der Waals surface area contributed by atoms with Gasteiger partial charge in [-0.15, -0.1) is 10.2 Å². The van der Waals surface area contributed by atoms with E-state index in [2.05, 4.69) is 34.7 Å². The fourth-order valence-corrected chi connectivity index (χ4v) is 4.45. The van der Waals surface area contributed by atoms with E-state index < -0.39 is 0 Å². The second kappa shape index (κ2) is 7.84. The molecule has 2 aliphatic carbocycles. The Kier molecular flexibility index (Phi) is 5.29. The molecule has 2 aliphatic rings. The first kappa shape index (κ1) is 18.2. The SMILES string of the molecule is CCNC(=NCCc1nnc2ccccn12)NC1CC(OCC)C12CCC2.